The topological polar surface area (TPSA) is 97.0 Å². The fourth-order valence-corrected chi connectivity index (χ4v) is 3.11. The predicted molar refractivity (Wildman–Crippen MR) is 80.1 cm³/mol. The fourth-order valence-electron chi connectivity index (χ4n) is 2.24. The maximum absolute atomic E-state index is 11.4. The first kappa shape index (κ1) is 17.2. The van der Waals surface area contributed by atoms with Crippen LogP contribution in [0.2, 0.25) is 0 Å². The van der Waals surface area contributed by atoms with Gasteiger partial charge < -0.3 is 15.8 Å². The lowest BCUT2D eigenvalue weighted by Crippen LogP contribution is -2.41. The highest BCUT2D eigenvalue weighted by atomic mass is 32.2. The van der Waals surface area contributed by atoms with Gasteiger partial charge in [0.2, 0.25) is 10.0 Å². The third-order valence-electron chi connectivity index (χ3n) is 3.37. The Morgan fingerprint density at radius 3 is 2.60 bits per heavy atom. The number of aliphatic imine (C=N–C) groups is 1. The van der Waals surface area contributed by atoms with Gasteiger partial charge in [-0.25, -0.2) is 12.7 Å². The van der Waals surface area contributed by atoms with Crippen molar-refractivity contribution in [2.24, 2.45) is 16.6 Å². The predicted octanol–water partition coefficient (Wildman–Crippen LogP) is -0.403. The maximum atomic E-state index is 11.4. The van der Waals surface area contributed by atoms with Crippen LogP contribution in [0, 0.1) is 5.92 Å². The summed E-state index contributed by atoms with van der Waals surface area (Å²) >= 11 is 0. The number of methoxy groups -OCH3 is 1. The van der Waals surface area contributed by atoms with E-state index in [-0.39, 0.29) is 6.04 Å². The zero-order valence-electron chi connectivity index (χ0n) is 12.5. The van der Waals surface area contributed by atoms with Crippen LogP contribution < -0.4 is 11.1 Å². The molecule has 0 aliphatic carbocycles. The van der Waals surface area contributed by atoms with Gasteiger partial charge in [-0.05, 0) is 25.7 Å². The molecule has 20 heavy (non-hydrogen) atoms. The summed E-state index contributed by atoms with van der Waals surface area (Å²) in [5.41, 5.74) is 5.80. The molecule has 1 saturated heterocycles. The zero-order valence-corrected chi connectivity index (χ0v) is 13.3. The van der Waals surface area contributed by atoms with Crippen molar-refractivity contribution in [2.75, 3.05) is 39.6 Å². The highest BCUT2D eigenvalue weighted by Gasteiger charge is 2.24. The minimum Gasteiger partial charge on any atom is -0.383 e. The second kappa shape index (κ2) is 7.80. The molecule has 0 spiro atoms. The molecule has 8 heteroatoms. The summed E-state index contributed by atoms with van der Waals surface area (Å²) in [6, 6.07) is 0.121. The van der Waals surface area contributed by atoms with Gasteiger partial charge in [0.25, 0.3) is 0 Å². The molecular weight excluding hydrogens is 280 g/mol. The Morgan fingerprint density at radius 1 is 1.50 bits per heavy atom. The summed E-state index contributed by atoms with van der Waals surface area (Å²) in [4.78, 5) is 4.32. The van der Waals surface area contributed by atoms with E-state index in [9.17, 15) is 8.42 Å². The highest BCUT2D eigenvalue weighted by molar-refractivity contribution is 7.88. The van der Waals surface area contributed by atoms with Gasteiger partial charge in [0, 0.05) is 32.8 Å². The van der Waals surface area contributed by atoms with E-state index in [1.165, 1.54) is 10.6 Å². The molecule has 0 aromatic heterocycles. The summed E-state index contributed by atoms with van der Waals surface area (Å²) in [5, 5.41) is 3.05. The van der Waals surface area contributed by atoms with E-state index < -0.39 is 10.0 Å². The van der Waals surface area contributed by atoms with Gasteiger partial charge in [-0.15, -0.1) is 0 Å². The average molecular weight is 306 g/mol. The van der Waals surface area contributed by atoms with Crippen LogP contribution in [0.4, 0.5) is 0 Å². The molecule has 1 aliphatic heterocycles. The standard InChI is InChI=1S/C12H26N4O3S/c1-10(9-19-2)15-12(13)14-8-11-4-6-16(7-5-11)20(3,17)18/h10-11H,4-9H2,1-3H3,(H3,13,14,15). The minimum atomic E-state index is -3.06. The lowest BCUT2D eigenvalue weighted by Gasteiger charge is -2.29. The van der Waals surface area contributed by atoms with Gasteiger partial charge in [-0.2, -0.15) is 0 Å². The minimum absolute atomic E-state index is 0.121. The Balaban J connectivity index is 2.33. The number of rotatable bonds is 6. The van der Waals surface area contributed by atoms with Gasteiger partial charge in [0.05, 0.1) is 12.9 Å². The number of guanidine groups is 1. The Hall–Kier alpha value is -0.860. The molecule has 1 rings (SSSR count). The first-order valence-corrected chi connectivity index (χ1v) is 8.68. The molecule has 0 bridgehead atoms. The molecule has 3 N–H and O–H groups in total. The van der Waals surface area contributed by atoms with E-state index in [2.05, 4.69) is 10.3 Å². The Kier molecular flexibility index (Phi) is 6.70. The zero-order chi connectivity index (χ0) is 15.2. The number of nitrogens with zero attached hydrogens (tertiary/aromatic N) is 2. The normalized spacial score (nSPS) is 20.9. The van der Waals surface area contributed by atoms with Crippen LogP contribution >= 0.6 is 0 Å². The van der Waals surface area contributed by atoms with Crippen molar-refractivity contribution in [3.05, 3.63) is 0 Å². The number of sulfonamides is 1. The number of piperidine rings is 1. The van der Waals surface area contributed by atoms with Crippen LogP contribution in [0.25, 0.3) is 0 Å². The van der Waals surface area contributed by atoms with Crippen LogP contribution in [0.1, 0.15) is 19.8 Å². The van der Waals surface area contributed by atoms with Crippen molar-refractivity contribution in [3.63, 3.8) is 0 Å². The van der Waals surface area contributed by atoms with Crippen molar-refractivity contribution in [1.82, 2.24) is 9.62 Å². The quantitative estimate of drug-likeness (QED) is 0.514. The molecule has 1 aliphatic rings. The molecule has 0 aromatic rings. The van der Waals surface area contributed by atoms with E-state index in [4.69, 9.17) is 10.5 Å². The van der Waals surface area contributed by atoms with Crippen molar-refractivity contribution < 1.29 is 13.2 Å². The second-order valence-electron chi connectivity index (χ2n) is 5.33. The molecule has 7 nitrogen and oxygen atoms in total. The van der Waals surface area contributed by atoms with Crippen LogP contribution in [0.3, 0.4) is 0 Å². The number of ether oxygens (including phenoxy) is 1. The summed E-state index contributed by atoms with van der Waals surface area (Å²) in [7, 11) is -1.42. The lowest BCUT2D eigenvalue weighted by molar-refractivity contribution is 0.179. The van der Waals surface area contributed by atoms with Crippen molar-refractivity contribution in [3.8, 4) is 0 Å². The maximum Gasteiger partial charge on any atom is 0.211 e. The van der Waals surface area contributed by atoms with E-state index >= 15 is 0 Å². The van der Waals surface area contributed by atoms with Gasteiger partial charge in [-0.3, -0.25) is 4.99 Å². The number of nitrogens with two attached hydrogens (primary N) is 1. The van der Waals surface area contributed by atoms with Crippen molar-refractivity contribution in [1.29, 1.82) is 0 Å². The Labute approximate surface area is 121 Å². The number of hydrogen-bond acceptors (Lipinski definition) is 4. The van der Waals surface area contributed by atoms with Crippen LogP contribution in [0.5, 0.6) is 0 Å². The van der Waals surface area contributed by atoms with Crippen LogP contribution in [-0.4, -0.2) is 64.3 Å². The summed E-state index contributed by atoms with van der Waals surface area (Å²) in [5.74, 6) is 0.811. The third-order valence-corrected chi connectivity index (χ3v) is 4.68. The largest absolute Gasteiger partial charge is 0.383 e. The molecule has 0 radical (unpaired) electrons. The van der Waals surface area contributed by atoms with Crippen LogP contribution in [0.15, 0.2) is 4.99 Å². The molecule has 0 saturated carbocycles. The third kappa shape index (κ3) is 6.06. The van der Waals surface area contributed by atoms with E-state index in [1.807, 2.05) is 6.92 Å². The molecular formula is C12H26N4O3S. The first-order valence-electron chi connectivity index (χ1n) is 6.83. The summed E-state index contributed by atoms with van der Waals surface area (Å²) in [6.45, 7) is 4.33. The highest BCUT2D eigenvalue weighted by Crippen LogP contribution is 2.19. The van der Waals surface area contributed by atoms with Crippen molar-refractivity contribution in [2.45, 2.75) is 25.8 Å². The molecule has 118 valence electrons. The average Bonchev–Trinajstić information content (AvgIpc) is 2.36. The first-order chi connectivity index (χ1) is 9.32. The smallest absolute Gasteiger partial charge is 0.211 e. The number of hydrogen-bond donors (Lipinski definition) is 2. The van der Waals surface area contributed by atoms with Crippen LogP contribution in [-0.2, 0) is 14.8 Å². The molecule has 0 aromatic carbocycles. The van der Waals surface area contributed by atoms with E-state index in [0.29, 0.717) is 38.1 Å². The number of nitrogens with one attached hydrogen (secondary N) is 1. The van der Waals surface area contributed by atoms with Gasteiger partial charge in [0.15, 0.2) is 5.96 Å². The van der Waals surface area contributed by atoms with Gasteiger partial charge >= 0.3 is 0 Å². The Bertz CT molecular complexity index is 416. The van der Waals surface area contributed by atoms with E-state index in [0.717, 1.165) is 12.8 Å². The van der Waals surface area contributed by atoms with Gasteiger partial charge in [0.1, 0.15) is 0 Å². The molecule has 1 atom stereocenters. The lowest BCUT2D eigenvalue weighted by atomic mass is 9.98. The monoisotopic (exact) mass is 306 g/mol. The molecule has 1 fully saturated rings. The Morgan fingerprint density at radius 2 is 2.10 bits per heavy atom. The molecule has 0 amide bonds. The van der Waals surface area contributed by atoms with E-state index in [1.54, 1.807) is 7.11 Å². The van der Waals surface area contributed by atoms with Gasteiger partial charge in [-0.1, -0.05) is 0 Å². The SMILES string of the molecule is COCC(C)NC(N)=NCC1CCN(S(C)(=O)=O)CC1. The second-order valence-corrected chi connectivity index (χ2v) is 7.31. The molecule has 1 unspecified atom stereocenters. The summed E-state index contributed by atoms with van der Waals surface area (Å²) in [6.07, 6.45) is 2.92. The molecule has 1 heterocycles. The van der Waals surface area contributed by atoms with Crippen molar-refractivity contribution >= 4 is 16.0 Å². The fraction of sp³-hybridized carbons (Fsp3) is 0.917. The summed E-state index contributed by atoms with van der Waals surface area (Å²) < 4.78 is 29.3.